The lowest BCUT2D eigenvalue weighted by atomic mass is 9.87. The molecule has 1 aliphatic carbocycles. The van der Waals surface area contributed by atoms with Gasteiger partial charge in [0.2, 0.25) is 0 Å². The van der Waals surface area contributed by atoms with Gasteiger partial charge in [0, 0.05) is 18.1 Å². The summed E-state index contributed by atoms with van der Waals surface area (Å²) in [7, 11) is 0. The highest BCUT2D eigenvalue weighted by atomic mass is 16.5. The molecular weight excluding hydrogens is 180 g/mol. The summed E-state index contributed by atoms with van der Waals surface area (Å²) in [6, 6.07) is 5.05. The molecule has 3 heteroatoms. The van der Waals surface area contributed by atoms with Crippen molar-refractivity contribution in [2.75, 3.05) is 0 Å². The molecule has 1 aliphatic rings. The lowest BCUT2D eigenvalue weighted by molar-refractivity contribution is -0.128. The van der Waals surface area contributed by atoms with Crippen molar-refractivity contribution in [2.45, 2.75) is 6.42 Å². The van der Waals surface area contributed by atoms with Gasteiger partial charge >= 0.3 is 5.97 Å². The number of fused-ring (bicyclic) bond motifs is 1. The number of carbonyl (C=O) groups is 2. The summed E-state index contributed by atoms with van der Waals surface area (Å²) in [5.74, 6) is -0.0325. The first-order valence-corrected chi connectivity index (χ1v) is 4.21. The minimum absolute atomic E-state index is 0.0940. The molecule has 0 saturated carbocycles. The number of hydrogen-bond acceptors (Lipinski definition) is 3. The first kappa shape index (κ1) is 8.69. The Morgan fingerprint density at radius 1 is 1.50 bits per heavy atom. The van der Waals surface area contributed by atoms with E-state index in [9.17, 15) is 9.59 Å². The standard InChI is InChI=1S/C11H8O3/c1-2-11(13)14-8-4-3-7-5-10(12)9(7)6-8/h2-4,6H,1,5H2. The van der Waals surface area contributed by atoms with Gasteiger partial charge in [0.1, 0.15) is 5.75 Å². The molecule has 1 aromatic carbocycles. The van der Waals surface area contributed by atoms with Crippen molar-refractivity contribution >= 4 is 11.8 Å². The van der Waals surface area contributed by atoms with Gasteiger partial charge < -0.3 is 4.74 Å². The van der Waals surface area contributed by atoms with Gasteiger partial charge in [-0.1, -0.05) is 12.6 Å². The van der Waals surface area contributed by atoms with E-state index in [0.717, 1.165) is 11.6 Å². The summed E-state index contributed by atoms with van der Waals surface area (Å²) in [4.78, 5) is 21.9. The molecule has 14 heavy (non-hydrogen) atoms. The van der Waals surface area contributed by atoms with E-state index in [4.69, 9.17) is 4.74 Å². The van der Waals surface area contributed by atoms with Crippen LogP contribution in [0.25, 0.3) is 0 Å². The van der Waals surface area contributed by atoms with Gasteiger partial charge in [-0.25, -0.2) is 4.79 Å². The van der Waals surface area contributed by atoms with Crippen LogP contribution in [-0.2, 0) is 11.2 Å². The molecule has 0 aromatic heterocycles. The topological polar surface area (TPSA) is 43.4 Å². The third kappa shape index (κ3) is 1.33. The third-order valence-electron chi connectivity index (χ3n) is 2.12. The fourth-order valence-electron chi connectivity index (χ4n) is 1.35. The van der Waals surface area contributed by atoms with Crippen LogP contribution in [0.2, 0.25) is 0 Å². The lowest BCUT2D eigenvalue weighted by Gasteiger charge is -2.17. The summed E-state index contributed by atoms with van der Waals surface area (Å²) < 4.78 is 4.87. The van der Waals surface area contributed by atoms with Gasteiger partial charge in [-0.15, -0.1) is 0 Å². The van der Waals surface area contributed by atoms with Crippen LogP contribution < -0.4 is 4.74 Å². The van der Waals surface area contributed by atoms with Gasteiger partial charge in [-0.05, 0) is 17.7 Å². The molecule has 0 heterocycles. The zero-order valence-corrected chi connectivity index (χ0v) is 7.45. The molecule has 0 bridgehead atoms. The average Bonchev–Trinajstić information content (AvgIpc) is 2.18. The smallest absolute Gasteiger partial charge is 0.335 e. The van der Waals surface area contributed by atoms with E-state index in [0.29, 0.717) is 17.7 Å². The van der Waals surface area contributed by atoms with Crippen LogP contribution in [0.4, 0.5) is 0 Å². The highest BCUT2D eigenvalue weighted by Crippen LogP contribution is 2.27. The number of ketones is 1. The second-order valence-corrected chi connectivity index (χ2v) is 3.04. The Morgan fingerprint density at radius 3 is 2.93 bits per heavy atom. The fourth-order valence-corrected chi connectivity index (χ4v) is 1.35. The van der Waals surface area contributed by atoms with Crippen LogP contribution in [0.5, 0.6) is 5.75 Å². The predicted molar refractivity (Wildman–Crippen MR) is 50.3 cm³/mol. The van der Waals surface area contributed by atoms with Crippen molar-refractivity contribution in [1.29, 1.82) is 0 Å². The Bertz CT molecular complexity index is 432. The zero-order chi connectivity index (χ0) is 10.1. The zero-order valence-electron chi connectivity index (χ0n) is 7.45. The number of benzene rings is 1. The molecule has 0 atom stereocenters. The predicted octanol–water partition coefficient (Wildman–Crippen LogP) is 1.52. The fraction of sp³-hybridized carbons (Fsp3) is 0.0909. The Hall–Kier alpha value is -1.90. The van der Waals surface area contributed by atoms with E-state index in [1.807, 2.05) is 0 Å². The lowest BCUT2D eigenvalue weighted by Crippen LogP contribution is -2.18. The number of ether oxygens (including phenoxy) is 1. The molecule has 0 aliphatic heterocycles. The van der Waals surface area contributed by atoms with Crippen molar-refractivity contribution in [1.82, 2.24) is 0 Å². The first-order chi connectivity index (χ1) is 6.70. The van der Waals surface area contributed by atoms with E-state index >= 15 is 0 Å². The van der Waals surface area contributed by atoms with Crippen molar-refractivity contribution < 1.29 is 14.3 Å². The first-order valence-electron chi connectivity index (χ1n) is 4.21. The van der Waals surface area contributed by atoms with Gasteiger partial charge in [0.15, 0.2) is 5.78 Å². The molecule has 70 valence electrons. The largest absolute Gasteiger partial charge is 0.423 e. The summed E-state index contributed by atoms with van der Waals surface area (Å²) in [5.41, 5.74) is 1.66. The maximum absolute atomic E-state index is 11.1. The monoisotopic (exact) mass is 188 g/mol. The number of esters is 1. The van der Waals surface area contributed by atoms with E-state index in [-0.39, 0.29) is 5.78 Å². The quantitative estimate of drug-likeness (QED) is 0.401. The van der Waals surface area contributed by atoms with E-state index in [1.165, 1.54) is 0 Å². The molecule has 0 saturated heterocycles. The van der Waals surface area contributed by atoms with E-state index in [2.05, 4.69) is 6.58 Å². The highest BCUT2D eigenvalue weighted by Gasteiger charge is 2.23. The van der Waals surface area contributed by atoms with Crippen molar-refractivity contribution in [3.05, 3.63) is 42.0 Å². The van der Waals surface area contributed by atoms with Crippen LogP contribution in [0.3, 0.4) is 0 Å². The van der Waals surface area contributed by atoms with Crippen LogP contribution in [0, 0.1) is 0 Å². The van der Waals surface area contributed by atoms with Crippen LogP contribution >= 0.6 is 0 Å². The minimum atomic E-state index is -0.517. The summed E-state index contributed by atoms with van der Waals surface area (Å²) in [5, 5.41) is 0. The third-order valence-corrected chi connectivity index (χ3v) is 2.12. The molecule has 0 fully saturated rings. The number of carbonyl (C=O) groups excluding carboxylic acids is 2. The minimum Gasteiger partial charge on any atom is -0.423 e. The van der Waals surface area contributed by atoms with Gasteiger partial charge in [-0.3, -0.25) is 4.79 Å². The number of rotatable bonds is 2. The Kier molecular flexibility index (Phi) is 1.93. The van der Waals surface area contributed by atoms with Crippen molar-refractivity contribution in [3.63, 3.8) is 0 Å². The Labute approximate surface area is 81.0 Å². The molecule has 0 unspecified atom stereocenters. The van der Waals surface area contributed by atoms with E-state index in [1.54, 1.807) is 18.2 Å². The molecule has 0 amide bonds. The molecule has 0 radical (unpaired) electrons. The van der Waals surface area contributed by atoms with Crippen LogP contribution in [0.15, 0.2) is 30.9 Å². The van der Waals surface area contributed by atoms with E-state index < -0.39 is 5.97 Å². The summed E-state index contributed by atoms with van der Waals surface area (Å²) in [6.07, 6.45) is 1.58. The highest BCUT2D eigenvalue weighted by molar-refractivity contribution is 6.06. The second-order valence-electron chi connectivity index (χ2n) is 3.04. The van der Waals surface area contributed by atoms with Crippen LogP contribution in [0.1, 0.15) is 15.9 Å². The van der Waals surface area contributed by atoms with Crippen LogP contribution in [-0.4, -0.2) is 11.8 Å². The average molecular weight is 188 g/mol. The summed E-state index contributed by atoms with van der Waals surface area (Å²) in [6.45, 7) is 3.28. The molecule has 0 spiro atoms. The molecular formula is C11H8O3. The normalized spacial score (nSPS) is 12.7. The Balaban J connectivity index is 2.24. The SMILES string of the molecule is C=CC(=O)Oc1ccc2c(c1)C(=O)C2. The molecule has 1 aromatic rings. The maximum Gasteiger partial charge on any atom is 0.335 e. The molecule has 2 rings (SSSR count). The molecule has 3 nitrogen and oxygen atoms in total. The number of Topliss-reactive ketones (excluding diaryl/α,β-unsaturated/α-hetero) is 1. The van der Waals surface area contributed by atoms with Crippen molar-refractivity contribution in [2.24, 2.45) is 0 Å². The Morgan fingerprint density at radius 2 is 2.29 bits per heavy atom. The second kappa shape index (κ2) is 3.10. The van der Waals surface area contributed by atoms with Gasteiger partial charge in [0.05, 0.1) is 0 Å². The van der Waals surface area contributed by atoms with Gasteiger partial charge in [0.25, 0.3) is 0 Å². The maximum atomic E-state index is 11.1. The number of hydrogen-bond donors (Lipinski definition) is 0. The van der Waals surface area contributed by atoms with Gasteiger partial charge in [-0.2, -0.15) is 0 Å². The summed E-state index contributed by atoms with van der Waals surface area (Å²) >= 11 is 0. The van der Waals surface area contributed by atoms with Crippen molar-refractivity contribution in [3.8, 4) is 5.75 Å². The molecule has 0 N–H and O–H groups in total.